The van der Waals surface area contributed by atoms with Gasteiger partial charge in [-0.3, -0.25) is 0 Å². The average molecular weight is 234 g/mol. The molecule has 0 radical (unpaired) electrons. The van der Waals surface area contributed by atoms with Crippen LogP contribution in [0.25, 0.3) is 0 Å². The Kier molecular flexibility index (Phi) is 5.16. The van der Waals surface area contributed by atoms with Crippen LogP contribution in [0, 0.1) is 0 Å². The molecule has 0 aliphatic carbocycles. The highest BCUT2D eigenvalue weighted by atomic mass is 16.5. The molecule has 0 spiro atoms. The van der Waals surface area contributed by atoms with Gasteiger partial charge in [-0.1, -0.05) is 18.2 Å². The molecule has 1 rings (SSSR count). The highest BCUT2D eigenvalue weighted by Crippen LogP contribution is 2.06. The van der Waals surface area contributed by atoms with Crippen LogP contribution in [-0.2, 0) is 11.3 Å². The zero-order valence-corrected chi connectivity index (χ0v) is 10.1. The lowest BCUT2D eigenvalue weighted by Crippen LogP contribution is -2.21. The third-order valence-corrected chi connectivity index (χ3v) is 1.91. The molecule has 0 amide bonds. The summed E-state index contributed by atoms with van der Waals surface area (Å²) in [6.07, 6.45) is 1.81. The predicted octanol–water partition coefficient (Wildman–Crippen LogP) is 1.22. The first-order valence-electron chi connectivity index (χ1n) is 5.40. The van der Waals surface area contributed by atoms with Crippen LogP contribution in [0.3, 0.4) is 0 Å². The topological polar surface area (TPSA) is 86.0 Å². The van der Waals surface area contributed by atoms with Gasteiger partial charge in [0.15, 0.2) is 0 Å². The van der Waals surface area contributed by atoms with Crippen molar-refractivity contribution in [3.05, 3.63) is 35.4 Å². The van der Waals surface area contributed by atoms with Crippen molar-refractivity contribution in [1.29, 1.82) is 0 Å². The number of nitrogens with zero attached hydrogens (tertiary/aromatic N) is 2. The number of hydrogen-bond acceptors (Lipinski definition) is 3. The molecule has 0 heterocycles. The molecule has 0 saturated heterocycles. The second-order valence-electron chi connectivity index (χ2n) is 3.87. The molecule has 0 unspecified atom stereocenters. The van der Waals surface area contributed by atoms with Crippen molar-refractivity contribution in [2.75, 3.05) is 0 Å². The maximum absolute atomic E-state index is 5.51. The SMILES string of the molecule is CC(C)OCc1cccc(C=NN=C(N)N)c1. The minimum atomic E-state index is -0.0551. The van der Waals surface area contributed by atoms with Crippen molar-refractivity contribution in [2.24, 2.45) is 21.7 Å². The first kappa shape index (κ1) is 13.2. The lowest BCUT2D eigenvalue weighted by molar-refractivity contribution is 0.0657. The molecule has 0 aliphatic rings. The van der Waals surface area contributed by atoms with Crippen LogP contribution in [0.5, 0.6) is 0 Å². The Morgan fingerprint density at radius 1 is 1.41 bits per heavy atom. The van der Waals surface area contributed by atoms with Crippen LogP contribution >= 0.6 is 0 Å². The Hall–Kier alpha value is -1.88. The zero-order valence-electron chi connectivity index (χ0n) is 10.1. The van der Waals surface area contributed by atoms with E-state index in [1.807, 2.05) is 38.1 Å². The predicted molar refractivity (Wildman–Crippen MR) is 69.8 cm³/mol. The lowest BCUT2D eigenvalue weighted by Gasteiger charge is -2.07. The van der Waals surface area contributed by atoms with E-state index in [0.717, 1.165) is 11.1 Å². The van der Waals surface area contributed by atoms with Crippen LogP contribution < -0.4 is 11.5 Å². The summed E-state index contributed by atoms with van der Waals surface area (Å²) in [4.78, 5) is 0. The summed E-state index contributed by atoms with van der Waals surface area (Å²) >= 11 is 0. The molecule has 1 aromatic carbocycles. The molecular formula is C12H18N4O. The van der Waals surface area contributed by atoms with Crippen LogP contribution in [-0.4, -0.2) is 18.3 Å². The van der Waals surface area contributed by atoms with Gasteiger partial charge in [0.1, 0.15) is 0 Å². The summed E-state index contributed by atoms with van der Waals surface area (Å²) in [5, 5.41) is 7.28. The monoisotopic (exact) mass is 234 g/mol. The Bertz CT molecular complexity index is 409. The van der Waals surface area contributed by atoms with Gasteiger partial charge >= 0.3 is 0 Å². The van der Waals surface area contributed by atoms with Gasteiger partial charge in [0, 0.05) is 0 Å². The molecule has 0 fully saturated rings. The Labute approximate surface area is 101 Å². The summed E-state index contributed by atoms with van der Waals surface area (Å²) in [6, 6.07) is 7.84. The Balaban J connectivity index is 2.65. The molecule has 0 aliphatic heterocycles. The van der Waals surface area contributed by atoms with Gasteiger partial charge in [0.05, 0.1) is 18.9 Å². The summed E-state index contributed by atoms with van der Waals surface area (Å²) in [6.45, 7) is 4.59. The molecular weight excluding hydrogens is 216 g/mol. The highest BCUT2D eigenvalue weighted by molar-refractivity contribution is 5.81. The third kappa shape index (κ3) is 5.67. The van der Waals surface area contributed by atoms with E-state index in [-0.39, 0.29) is 12.1 Å². The standard InChI is InChI=1S/C12H18N4O/c1-9(2)17-8-11-5-3-4-10(6-11)7-15-16-12(13)14/h3-7,9H,8H2,1-2H3,(H4,13,14,16). The first-order valence-corrected chi connectivity index (χ1v) is 5.40. The minimum absolute atomic E-state index is 0.0551. The molecule has 0 bridgehead atoms. The normalized spacial score (nSPS) is 11.0. The summed E-state index contributed by atoms with van der Waals surface area (Å²) < 4.78 is 5.51. The van der Waals surface area contributed by atoms with Crippen LogP contribution in [0.2, 0.25) is 0 Å². The second-order valence-corrected chi connectivity index (χ2v) is 3.87. The fourth-order valence-electron chi connectivity index (χ4n) is 1.19. The number of ether oxygens (including phenoxy) is 1. The number of rotatable bonds is 5. The van der Waals surface area contributed by atoms with Gasteiger partial charge in [0.2, 0.25) is 5.96 Å². The molecule has 4 N–H and O–H groups in total. The number of nitrogens with two attached hydrogens (primary N) is 2. The number of benzene rings is 1. The summed E-state index contributed by atoms with van der Waals surface area (Å²) in [5.41, 5.74) is 12.3. The molecule has 17 heavy (non-hydrogen) atoms. The van der Waals surface area contributed by atoms with E-state index < -0.39 is 0 Å². The summed E-state index contributed by atoms with van der Waals surface area (Å²) in [5.74, 6) is -0.0551. The van der Waals surface area contributed by atoms with Crippen molar-refractivity contribution < 1.29 is 4.74 Å². The van der Waals surface area contributed by atoms with E-state index in [0.29, 0.717) is 6.61 Å². The van der Waals surface area contributed by atoms with E-state index in [9.17, 15) is 0 Å². The molecule has 1 aromatic rings. The molecule has 0 atom stereocenters. The van der Waals surface area contributed by atoms with E-state index in [1.165, 1.54) is 0 Å². The third-order valence-electron chi connectivity index (χ3n) is 1.91. The van der Waals surface area contributed by atoms with Crippen molar-refractivity contribution >= 4 is 12.2 Å². The van der Waals surface area contributed by atoms with Gasteiger partial charge in [-0.2, -0.15) is 5.10 Å². The summed E-state index contributed by atoms with van der Waals surface area (Å²) in [7, 11) is 0. The maximum Gasteiger partial charge on any atom is 0.211 e. The minimum Gasteiger partial charge on any atom is -0.374 e. The molecule has 0 aromatic heterocycles. The second kappa shape index (κ2) is 6.65. The quantitative estimate of drug-likeness (QED) is 0.456. The van der Waals surface area contributed by atoms with E-state index >= 15 is 0 Å². The van der Waals surface area contributed by atoms with Gasteiger partial charge in [-0.05, 0) is 31.0 Å². The smallest absolute Gasteiger partial charge is 0.211 e. The lowest BCUT2D eigenvalue weighted by atomic mass is 10.1. The van der Waals surface area contributed by atoms with Gasteiger partial charge in [-0.15, -0.1) is 5.10 Å². The van der Waals surface area contributed by atoms with Gasteiger partial charge in [0.25, 0.3) is 0 Å². The van der Waals surface area contributed by atoms with E-state index in [1.54, 1.807) is 6.21 Å². The number of hydrogen-bond donors (Lipinski definition) is 2. The number of guanidine groups is 1. The fraction of sp³-hybridized carbons (Fsp3) is 0.333. The van der Waals surface area contributed by atoms with Crippen LogP contribution in [0.1, 0.15) is 25.0 Å². The van der Waals surface area contributed by atoms with E-state index in [2.05, 4.69) is 10.2 Å². The highest BCUT2D eigenvalue weighted by Gasteiger charge is 1.97. The largest absolute Gasteiger partial charge is 0.374 e. The molecule has 0 saturated carbocycles. The maximum atomic E-state index is 5.51. The Morgan fingerprint density at radius 3 is 2.82 bits per heavy atom. The van der Waals surface area contributed by atoms with Crippen LogP contribution in [0.4, 0.5) is 0 Å². The van der Waals surface area contributed by atoms with Crippen LogP contribution in [0.15, 0.2) is 34.5 Å². The van der Waals surface area contributed by atoms with E-state index in [4.69, 9.17) is 16.2 Å². The molecule has 5 nitrogen and oxygen atoms in total. The Morgan fingerprint density at radius 2 is 2.18 bits per heavy atom. The first-order chi connectivity index (χ1) is 8.08. The van der Waals surface area contributed by atoms with Crippen molar-refractivity contribution in [3.8, 4) is 0 Å². The molecule has 5 heteroatoms. The van der Waals surface area contributed by atoms with Crippen molar-refractivity contribution in [1.82, 2.24) is 0 Å². The zero-order chi connectivity index (χ0) is 12.7. The fourth-order valence-corrected chi connectivity index (χ4v) is 1.19. The van der Waals surface area contributed by atoms with Gasteiger partial charge in [-0.25, -0.2) is 0 Å². The van der Waals surface area contributed by atoms with Gasteiger partial charge < -0.3 is 16.2 Å². The average Bonchev–Trinajstić information content (AvgIpc) is 2.26. The van der Waals surface area contributed by atoms with Crippen molar-refractivity contribution in [2.45, 2.75) is 26.6 Å². The molecule has 92 valence electrons. The van der Waals surface area contributed by atoms with Crippen molar-refractivity contribution in [3.63, 3.8) is 0 Å².